The fourth-order valence-corrected chi connectivity index (χ4v) is 1.76. The molecule has 1 rings (SSSR count). The quantitative estimate of drug-likeness (QED) is 0.582. The Morgan fingerprint density at radius 1 is 0.923 bits per heavy atom. The van der Waals surface area contributed by atoms with E-state index < -0.39 is 0 Å². The third kappa shape index (κ3) is 1.66. The molecule has 13 heavy (non-hydrogen) atoms. The van der Waals surface area contributed by atoms with Gasteiger partial charge in [0.05, 0.1) is 5.02 Å². The summed E-state index contributed by atoms with van der Waals surface area (Å²) in [7, 11) is 0. The Kier molecular flexibility index (Phi) is 3.17. The molecule has 1 aromatic rings. The molecule has 0 aromatic heterocycles. The van der Waals surface area contributed by atoms with Gasteiger partial charge >= 0.3 is 0 Å². The summed E-state index contributed by atoms with van der Waals surface area (Å²) in [5, 5.41) is 18.7. The van der Waals surface area contributed by atoms with Crippen molar-refractivity contribution in [3.63, 3.8) is 0 Å². The van der Waals surface area contributed by atoms with E-state index >= 15 is 0 Å². The van der Waals surface area contributed by atoms with E-state index in [1.807, 2.05) is 0 Å². The summed E-state index contributed by atoms with van der Waals surface area (Å²) in [4.78, 5) is 0. The lowest BCUT2D eigenvalue weighted by Gasteiger charge is -2.10. The summed E-state index contributed by atoms with van der Waals surface area (Å²) in [5.74, 6) is -0.458. The van der Waals surface area contributed by atoms with E-state index in [4.69, 9.17) is 34.8 Å². The summed E-state index contributed by atoms with van der Waals surface area (Å²) in [6.45, 7) is 1.78. The molecule has 0 unspecified atom stereocenters. The molecule has 2 N–H and O–H groups in total. The highest BCUT2D eigenvalue weighted by Crippen LogP contribution is 2.46. The first-order valence-electron chi connectivity index (χ1n) is 3.57. The van der Waals surface area contributed by atoms with Crippen molar-refractivity contribution in [2.45, 2.75) is 13.3 Å². The highest BCUT2D eigenvalue weighted by atomic mass is 35.5. The summed E-state index contributed by atoms with van der Waals surface area (Å²) >= 11 is 17.0. The molecular weight excluding hydrogens is 234 g/mol. The van der Waals surface area contributed by atoms with Crippen LogP contribution in [0.1, 0.15) is 12.5 Å². The molecule has 0 fully saturated rings. The van der Waals surface area contributed by atoms with Crippen LogP contribution in [-0.4, -0.2) is 10.2 Å². The Balaban J connectivity index is 3.56. The van der Waals surface area contributed by atoms with E-state index in [9.17, 15) is 10.2 Å². The lowest BCUT2D eigenvalue weighted by atomic mass is 10.1. The van der Waals surface area contributed by atoms with Crippen molar-refractivity contribution < 1.29 is 10.2 Å². The first-order valence-corrected chi connectivity index (χ1v) is 4.71. The maximum atomic E-state index is 9.47. The fourth-order valence-electron chi connectivity index (χ4n) is 1.01. The molecule has 72 valence electrons. The lowest BCUT2D eigenvalue weighted by Crippen LogP contribution is -1.87. The van der Waals surface area contributed by atoms with Gasteiger partial charge in [-0.1, -0.05) is 41.7 Å². The Morgan fingerprint density at radius 2 is 1.38 bits per heavy atom. The van der Waals surface area contributed by atoms with Gasteiger partial charge in [0.2, 0.25) is 0 Å². The van der Waals surface area contributed by atoms with E-state index in [0.717, 1.165) is 0 Å². The van der Waals surface area contributed by atoms with Gasteiger partial charge < -0.3 is 10.2 Å². The Bertz CT molecular complexity index is 321. The predicted octanol–water partition coefficient (Wildman–Crippen LogP) is 3.62. The van der Waals surface area contributed by atoms with Crippen molar-refractivity contribution in [2.75, 3.05) is 0 Å². The molecule has 0 heterocycles. The standard InChI is InChI=1S/C8H7Cl3O2/c1-2-3-4(9)8(13)6(11)5(10)7(3)12/h12-13H,2H2,1H3. The highest BCUT2D eigenvalue weighted by Gasteiger charge is 2.18. The lowest BCUT2D eigenvalue weighted by molar-refractivity contribution is 0.455. The molecule has 2 nitrogen and oxygen atoms in total. The zero-order valence-electron chi connectivity index (χ0n) is 6.74. The molecule has 0 radical (unpaired) electrons. The first-order chi connectivity index (χ1) is 6.00. The Morgan fingerprint density at radius 3 is 1.85 bits per heavy atom. The molecule has 0 atom stereocenters. The van der Waals surface area contributed by atoms with E-state index in [1.54, 1.807) is 6.92 Å². The third-order valence-electron chi connectivity index (χ3n) is 1.72. The monoisotopic (exact) mass is 240 g/mol. The number of hydrogen-bond acceptors (Lipinski definition) is 2. The molecule has 0 aliphatic heterocycles. The van der Waals surface area contributed by atoms with Crippen LogP contribution in [-0.2, 0) is 6.42 Å². The summed E-state index contributed by atoms with van der Waals surface area (Å²) in [6.07, 6.45) is 0.467. The van der Waals surface area contributed by atoms with Crippen molar-refractivity contribution in [2.24, 2.45) is 0 Å². The number of rotatable bonds is 1. The minimum atomic E-state index is -0.289. The number of halogens is 3. The predicted molar refractivity (Wildman–Crippen MR) is 54.2 cm³/mol. The summed E-state index contributed by atoms with van der Waals surface area (Å²) < 4.78 is 0. The summed E-state index contributed by atoms with van der Waals surface area (Å²) in [5.41, 5.74) is 0.397. The van der Waals surface area contributed by atoms with Crippen molar-refractivity contribution in [3.05, 3.63) is 20.6 Å². The van der Waals surface area contributed by atoms with Gasteiger partial charge in [-0.05, 0) is 6.42 Å². The smallest absolute Gasteiger partial charge is 0.154 e. The van der Waals surface area contributed by atoms with E-state index in [1.165, 1.54) is 0 Å². The number of phenolic OH excluding ortho intramolecular Hbond substituents is 2. The maximum absolute atomic E-state index is 9.47. The zero-order chi connectivity index (χ0) is 10.2. The molecule has 0 bridgehead atoms. The van der Waals surface area contributed by atoms with Gasteiger partial charge in [0, 0.05) is 5.56 Å². The second kappa shape index (κ2) is 3.82. The second-order valence-electron chi connectivity index (χ2n) is 2.47. The van der Waals surface area contributed by atoms with Crippen LogP contribution in [0, 0.1) is 0 Å². The van der Waals surface area contributed by atoms with Gasteiger partial charge in [0.15, 0.2) is 5.75 Å². The van der Waals surface area contributed by atoms with Crippen molar-refractivity contribution in [1.82, 2.24) is 0 Å². The van der Waals surface area contributed by atoms with Crippen LogP contribution < -0.4 is 0 Å². The first kappa shape index (κ1) is 10.8. The van der Waals surface area contributed by atoms with Crippen molar-refractivity contribution in [1.29, 1.82) is 0 Å². The third-order valence-corrected chi connectivity index (χ3v) is 2.96. The number of benzene rings is 1. The average Bonchev–Trinajstić information content (AvgIpc) is 2.13. The largest absolute Gasteiger partial charge is 0.506 e. The molecule has 5 heteroatoms. The second-order valence-corrected chi connectivity index (χ2v) is 3.61. The van der Waals surface area contributed by atoms with Gasteiger partial charge in [0.25, 0.3) is 0 Å². The number of aromatic hydroxyl groups is 2. The van der Waals surface area contributed by atoms with Crippen LogP contribution in [0.4, 0.5) is 0 Å². The van der Waals surface area contributed by atoms with Crippen LogP contribution >= 0.6 is 34.8 Å². The molecule has 1 aromatic carbocycles. The van der Waals surface area contributed by atoms with Gasteiger partial charge in [-0.3, -0.25) is 0 Å². The van der Waals surface area contributed by atoms with Crippen molar-refractivity contribution in [3.8, 4) is 11.5 Å². The van der Waals surface area contributed by atoms with Gasteiger partial charge in [-0.2, -0.15) is 0 Å². The molecular formula is C8H7Cl3O2. The SMILES string of the molecule is CCc1c(O)c(Cl)c(Cl)c(O)c1Cl. The van der Waals surface area contributed by atoms with Crippen LogP contribution in [0.15, 0.2) is 0 Å². The molecule has 0 aliphatic carbocycles. The Hall–Kier alpha value is -0.310. The Labute approximate surface area is 90.7 Å². The van der Waals surface area contributed by atoms with E-state index in [-0.39, 0.29) is 26.6 Å². The van der Waals surface area contributed by atoms with Crippen molar-refractivity contribution >= 4 is 34.8 Å². The van der Waals surface area contributed by atoms with E-state index in [0.29, 0.717) is 12.0 Å². The molecule has 0 saturated heterocycles. The van der Waals surface area contributed by atoms with Crippen LogP contribution in [0.2, 0.25) is 15.1 Å². The highest BCUT2D eigenvalue weighted by molar-refractivity contribution is 6.46. The molecule has 0 aliphatic rings. The van der Waals surface area contributed by atoms with Gasteiger partial charge in [0.1, 0.15) is 15.8 Å². The number of phenols is 2. The minimum absolute atomic E-state index is 0.0504. The topological polar surface area (TPSA) is 40.5 Å². The number of hydrogen-bond donors (Lipinski definition) is 2. The minimum Gasteiger partial charge on any atom is -0.506 e. The maximum Gasteiger partial charge on any atom is 0.154 e. The van der Waals surface area contributed by atoms with E-state index in [2.05, 4.69) is 0 Å². The average molecular weight is 242 g/mol. The van der Waals surface area contributed by atoms with Gasteiger partial charge in [-0.15, -0.1) is 0 Å². The summed E-state index contributed by atoms with van der Waals surface area (Å²) in [6, 6.07) is 0. The molecule has 0 saturated carbocycles. The molecule has 0 spiro atoms. The normalized spacial score (nSPS) is 10.5. The zero-order valence-corrected chi connectivity index (χ0v) is 9.00. The molecule has 0 amide bonds. The van der Waals surface area contributed by atoms with Crippen LogP contribution in [0.3, 0.4) is 0 Å². The van der Waals surface area contributed by atoms with Crippen LogP contribution in [0.5, 0.6) is 11.5 Å². The fraction of sp³-hybridized carbons (Fsp3) is 0.250. The van der Waals surface area contributed by atoms with Gasteiger partial charge in [-0.25, -0.2) is 0 Å². The van der Waals surface area contributed by atoms with Crippen LogP contribution in [0.25, 0.3) is 0 Å².